The molecule has 1 atom stereocenters. The third-order valence-electron chi connectivity index (χ3n) is 3.57. The molecule has 3 N–H and O–H groups in total. The maximum absolute atomic E-state index is 10.2. The molecular weight excluding hydrogens is 228 g/mol. The van der Waals surface area contributed by atoms with Gasteiger partial charge in [0.1, 0.15) is 0 Å². The van der Waals surface area contributed by atoms with Crippen molar-refractivity contribution < 1.29 is 5.11 Å². The summed E-state index contributed by atoms with van der Waals surface area (Å²) in [6.07, 6.45) is 1.83. The number of nitrogens with zero attached hydrogens (tertiary/aromatic N) is 3. The van der Waals surface area contributed by atoms with Gasteiger partial charge in [-0.05, 0) is 40.5 Å². The van der Waals surface area contributed by atoms with Crippen molar-refractivity contribution in [2.75, 3.05) is 23.7 Å². The molecule has 1 fully saturated rings. The third kappa shape index (κ3) is 2.32. The second-order valence-corrected chi connectivity index (χ2v) is 5.88. The van der Waals surface area contributed by atoms with Crippen LogP contribution in [0.4, 0.5) is 11.5 Å². The van der Waals surface area contributed by atoms with Crippen molar-refractivity contribution in [2.24, 2.45) is 0 Å². The predicted molar refractivity (Wildman–Crippen MR) is 73.8 cm³/mol. The number of aromatic nitrogens is 2. The molecule has 0 saturated carbocycles. The number of piperidine rings is 1. The lowest BCUT2D eigenvalue weighted by atomic mass is 9.95. The van der Waals surface area contributed by atoms with Gasteiger partial charge in [0, 0.05) is 19.1 Å². The van der Waals surface area contributed by atoms with Crippen LogP contribution < -0.4 is 10.6 Å². The highest BCUT2D eigenvalue weighted by molar-refractivity contribution is 5.66. The van der Waals surface area contributed by atoms with E-state index in [0.717, 1.165) is 36.6 Å². The molecule has 102 valence electrons. The standard InChI is InChI=1S/C13H24N4O/c1-9(2)17-12(11(14)10(3)15-17)16-7-5-6-13(4,18)8-16/h9,18H,5-8,14H2,1-4H3. The van der Waals surface area contributed by atoms with Crippen molar-refractivity contribution >= 4 is 11.5 Å². The normalized spacial score (nSPS) is 24.9. The summed E-state index contributed by atoms with van der Waals surface area (Å²) in [5.41, 5.74) is 7.12. The Hall–Kier alpha value is -1.23. The fourth-order valence-electron chi connectivity index (χ4n) is 2.62. The number of nitrogens with two attached hydrogens (primary N) is 1. The first-order valence-corrected chi connectivity index (χ1v) is 6.64. The molecule has 1 aliphatic rings. The molecule has 1 aromatic heterocycles. The van der Waals surface area contributed by atoms with Crippen LogP contribution in [0.25, 0.3) is 0 Å². The van der Waals surface area contributed by atoms with Gasteiger partial charge in [-0.3, -0.25) is 0 Å². The first-order chi connectivity index (χ1) is 8.32. The fourth-order valence-corrected chi connectivity index (χ4v) is 2.62. The van der Waals surface area contributed by atoms with Gasteiger partial charge in [-0.25, -0.2) is 4.68 Å². The van der Waals surface area contributed by atoms with E-state index < -0.39 is 5.60 Å². The molecule has 1 unspecified atom stereocenters. The maximum Gasteiger partial charge on any atom is 0.151 e. The monoisotopic (exact) mass is 252 g/mol. The van der Waals surface area contributed by atoms with Gasteiger partial charge in [-0.2, -0.15) is 5.10 Å². The molecule has 0 aromatic carbocycles. The summed E-state index contributed by atoms with van der Waals surface area (Å²) < 4.78 is 1.96. The minimum Gasteiger partial charge on any atom is -0.394 e. The highest BCUT2D eigenvalue weighted by Gasteiger charge is 2.31. The van der Waals surface area contributed by atoms with Gasteiger partial charge in [0.25, 0.3) is 0 Å². The molecule has 5 heteroatoms. The number of aliphatic hydroxyl groups is 1. The Labute approximate surface area is 109 Å². The molecular formula is C13H24N4O. The molecule has 0 amide bonds. The van der Waals surface area contributed by atoms with Crippen LogP contribution >= 0.6 is 0 Å². The van der Waals surface area contributed by atoms with Crippen molar-refractivity contribution in [3.63, 3.8) is 0 Å². The van der Waals surface area contributed by atoms with Crippen molar-refractivity contribution in [1.29, 1.82) is 0 Å². The van der Waals surface area contributed by atoms with E-state index in [9.17, 15) is 5.11 Å². The summed E-state index contributed by atoms with van der Waals surface area (Å²) in [6.45, 7) is 9.56. The van der Waals surface area contributed by atoms with Gasteiger partial charge < -0.3 is 15.7 Å². The van der Waals surface area contributed by atoms with Crippen molar-refractivity contribution in [1.82, 2.24) is 9.78 Å². The lowest BCUT2D eigenvalue weighted by molar-refractivity contribution is 0.0444. The first kappa shape index (κ1) is 13.2. The van der Waals surface area contributed by atoms with Crippen LogP contribution in [0.2, 0.25) is 0 Å². The van der Waals surface area contributed by atoms with Gasteiger partial charge in [-0.1, -0.05) is 0 Å². The minimum absolute atomic E-state index is 0.267. The van der Waals surface area contributed by atoms with Crippen molar-refractivity contribution in [2.45, 2.75) is 52.2 Å². The highest BCUT2D eigenvalue weighted by Crippen LogP contribution is 2.33. The van der Waals surface area contributed by atoms with Gasteiger partial charge in [0.15, 0.2) is 5.82 Å². The average Bonchev–Trinajstić information content (AvgIpc) is 2.54. The van der Waals surface area contributed by atoms with Gasteiger partial charge in [-0.15, -0.1) is 0 Å². The van der Waals surface area contributed by atoms with E-state index in [4.69, 9.17) is 5.73 Å². The Balaban J connectivity index is 2.38. The highest BCUT2D eigenvalue weighted by atomic mass is 16.3. The molecule has 0 radical (unpaired) electrons. The van der Waals surface area contributed by atoms with E-state index in [1.165, 1.54) is 0 Å². The Morgan fingerprint density at radius 2 is 2.11 bits per heavy atom. The number of anilines is 2. The van der Waals surface area contributed by atoms with E-state index in [0.29, 0.717) is 6.54 Å². The molecule has 18 heavy (non-hydrogen) atoms. The number of hydrogen-bond donors (Lipinski definition) is 2. The van der Waals surface area contributed by atoms with E-state index >= 15 is 0 Å². The quantitative estimate of drug-likeness (QED) is 0.841. The molecule has 0 spiro atoms. The van der Waals surface area contributed by atoms with E-state index in [2.05, 4.69) is 23.8 Å². The fraction of sp³-hybridized carbons (Fsp3) is 0.769. The summed E-state index contributed by atoms with van der Waals surface area (Å²) in [6, 6.07) is 0.267. The third-order valence-corrected chi connectivity index (χ3v) is 3.57. The molecule has 2 rings (SSSR count). The second kappa shape index (κ2) is 4.46. The van der Waals surface area contributed by atoms with Crippen molar-refractivity contribution in [3.8, 4) is 0 Å². The van der Waals surface area contributed by atoms with Gasteiger partial charge >= 0.3 is 0 Å². The van der Waals surface area contributed by atoms with E-state index in [-0.39, 0.29) is 6.04 Å². The number of hydrogen-bond acceptors (Lipinski definition) is 4. The van der Waals surface area contributed by atoms with Crippen LogP contribution in [-0.2, 0) is 0 Å². The summed E-state index contributed by atoms with van der Waals surface area (Å²) >= 11 is 0. The summed E-state index contributed by atoms with van der Waals surface area (Å²) in [5, 5.41) is 14.7. The smallest absolute Gasteiger partial charge is 0.151 e. The first-order valence-electron chi connectivity index (χ1n) is 6.64. The van der Waals surface area contributed by atoms with Crippen LogP contribution in [0.3, 0.4) is 0 Å². The van der Waals surface area contributed by atoms with Crippen LogP contribution in [0.1, 0.15) is 45.3 Å². The lowest BCUT2D eigenvalue weighted by Crippen LogP contribution is -2.47. The molecule has 1 saturated heterocycles. The summed E-state index contributed by atoms with van der Waals surface area (Å²) in [5.74, 6) is 0.961. The zero-order chi connectivity index (χ0) is 13.5. The number of β-amino-alcohol motifs (C(OH)–C–C–N with tert-alkyl or cyclic N) is 1. The molecule has 0 aliphatic carbocycles. The van der Waals surface area contributed by atoms with E-state index in [1.54, 1.807) is 0 Å². The van der Waals surface area contributed by atoms with Gasteiger partial charge in [0.2, 0.25) is 0 Å². The molecule has 1 aromatic rings. The lowest BCUT2D eigenvalue weighted by Gasteiger charge is -2.38. The molecule has 1 aliphatic heterocycles. The Morgan fingerprint density at radius 3 is 2.67 bits per heavy atom. The van der Waals surface area contributed by atoms with E-state index in [1.807, 2.05) is 18.5 Å². The number of nitrogen functional groups attached to an aromatic ring is 1. The predicted octanol–water partition coefficient (Wildman–Crippen LogP) is 1.71. The maximum atomic E-state index is 10.2. The Kier molecular flexibility index (Phi) is 3.27. The molecule has 2 heterocycles. The minimum atomic E-state index is -0.634. The van der Waals surface area contributed by atoms with Crippen LogP contribution in [0.5, 0.6) is 0 Å². The molecule has 5 nitrogen and oxygen atoms in total. The Bertz CT molecular complexity index is 436. The number of aryl methyl sites for hydroxylation is 1. The Morgan fingerprint density at radius 1 is 1.44 bits per heavy atom. The average molecular weight is 252 g/mol. The van der Waals surface area contributed by atoms with Crippen LogP contribution in [-0.4, -0.2) is 33.6 Å². The van der Waals surface area contributed by atoms with Gasteiger partial charge in [0.05, 0.1) is 17.0 Å². The zero-order valence-corrected chi connectivity index (χ0v) is 11.8. The summed E-state index contributed by atoms with van der Waals surface area (Å²) in [4.78, 5) is 2.17. The summed E-state index contributed by atoms with van der Waals surface area (Å²) in [7, 11) is 0. The second-order valence-electron chi connectivity index (χ2n) is 5.88. The topological polar surface area (TPSA) is 67.3 Å². The number of rotatable bonds is 2. The molecule has 0 bridgehead atoms. The van der Waals surface area contributed by atoms with Crippen molar-refractivity contribution in [3.05, 3.63) is 5.69 Å². The largest absolute Gasteiger partial charge is 0.394 e. The van der Waals surface area contributed by atoms with Crippen LogP contribution in [0.15, 0.2) is 0 Å². The zero-order valence-electron chi connectivity index (χ0n) is 11.8. The SMILES string of the molecule is Cc1nn(C(C)C)c(N2CCCC(C)(O)C2)c1N. The van der Waals surface area contributed by atoms with Crippen LogP contribution in [0, 0.1) is 6.92 Å².